The maximum Gasteiger partial charge on any atom is 0.158 e. The Labute approximate surface area is 138 Å². The first-order chi connectivity index (χ1) is 11.2. The van der Waals surface area contributed by atoms with Crippen LogP contribution < -0.4 is 4.90 Å². The number of hydrogen-bond donors (Lipinski definition) is 0. The number of rotatable bonds is 3. The van der Waals surface area contributed by atoms with Gasteiger partial charge in [0.25, 0.3) is 0 Å². The van der Waals surface area contributed by atoms with E-state index in [2.05, 4.69) is 19.8 Å². The number of piperazine rings is 1. The van der Waals surface area contributed by atoms with Crippen LogP contribution in [0.25, 0.3) is 0 Å². The van der Waals surface area contributed by atoms with Crippen molar-refractivity contribution in [2.75, 3.05) is 31.1 Å². The first-order valence-corrected chi connectivity index (χ1v) is 7.67. The van der Waals surface area contributed by atoms with Crippen LogP contribution in [0.5, 0.6) is 0 Å². The standard InChI is InChI=1S/C16H15ClFN5/c17-14-2-1-3-15(18)13(14)11-22-4-6-23(7-5-22)16-10-20-12(8-19)9-21-16/h1-3,9-10H,4-7,11H2. The summed E-state index contributed by atoms with van der Waals surface area (Å²) < 4.78 is 13.9. The van der Waals surface area contributed by atoms with E-state index >= 15 is 0 Å². The summed E-state index contributed by atoms with van der Waals surface area (Å²) in [6, 6.07) is 6.71. The minimum Gasteiger partial charge on any atom is -0.353 e. The molecule has 0 N–H and O–H groups in total. The fourth-order valence-corrected chi connectivity index (χ4v) is 2.81. The summed E-state index contributed by atoms with van der Waals surface area (Å²) in [4.78, 5) is 12.6. The van der Waals surface area contributed by atoms with Gasteiger partial charge in [-0.05, 0) is 12.1 Å². The van der Waals surface area contributed by atoms with E-state index in [-0.39, 0.29) is 5.82 Å². The van der Waals surface area contributed by atoms with E-state index in [4.69, 9.17) is 16.9 Å². The Balaban J connectivity index is 1.61. The van der Waals surface area contributed by atoms with Gasteiger partial charge in [-0.15, -0.1) is 0 Å². The molecule has 23 heavy (non-hydrogen) atoms. The van der Waals surface area contributed by atoms with Crippen LogP contribution >= 0.6 is 11.6 Å². The monoisotopic (exact) mass is 331 g/mol. The van der Waals surface area contributed by atoms with E-state index in [0.717, 1.165) is 32.0 Å². The van der Waals surface area contributed by atoms with Crippen LogP contribution in [0.3, 0.4) is 0 Å². The highest BCUT2D eigenvalue weighted by molar-refractivity contribution is 6.31. The summed E-state index contributed by atoms with van der Waals surface area (Å²) in [6.07, 6.45) is 3.09. The molecular weight excluding hydrogens is 317 g/mol. The van der Waals surface area contributed by atoms with Crippen molar-refractivity contribution in [3.63, 3.8) is 0 Å². The molecule has 1 aromatic heterocycles. The Hall–Kier alpha value is -2.23. The zero-order valence-electron chi connectivity index (χ0n) is 12.4. The van der Waals surface area contributed by atoms with E-state index < -0.39 is 0 Å². The molecule has 2 aromatic rings. The van der Waals surface area contributed by atoms with E-state index in [0.29, 0.717) is 22.8 Å². The molecule has 118 valence electrons. The van der Waals surface area contributed by atoms with Crippen molar-refractivity contribution in [3.8, 4) is 6.07 Å². The molecule has 5 nitrogen and oxygen atoms in total. The lowest BCUT2D eigenvalue weighted by atomic mass is 10.2. The topological polar surface area (TPSA) is 56.1 Å². The van der Waals surface area contributed by atoms with Crippen LogP contribution in [-0.2, 0) is 6.54 Å². The second-order valence-corrected chi connectivity index (χ2v) is 5.74. The number of nitrogens with zero attached hydrogens (tertiary/aromatic N) is 5. The zero-order valence-corrected chi connectivity index (χ0v) is 13.2. The van der Waals surface area contributed by atoms with Crippen LogP contribution in [0.4, 0.5) is 10.2 Å². The van der Waals surface area contributed by atoms with Gasteiger partial charge in [0.15, 0.2) is 5.69 Å². The summed E-state index contributed by atoms with van der Waals surface area (Å²) >= 11 is 6.08. The quantitative estimate of drug-likeness (QED) is 0.864. The second kappa shape index (κ2) is 6.90. The van der Waals surface area contributed by atoms with Crippen molar-refractivity contribution in [2.24, 2.45) is 0 Å². The molecule has 1 fully saturated rings. The lowest BCUT2D eigenvalue weighted by molar-refractivity contribution is 0.246. The summed E-state index contributed by atoms with van der Waals surface area (Å²) in [5.41, 5.74) is 0.849. The zero-order chi connectivity index (χ0) is 16.2. The van der Waals surface area contributed by atoms with Crippen molar-refractivity contribution < 1.29 is 4.39 Å². The molecule has 0 aliphatic carbocycles. The molecular formula is C16H15ClFN5. The van der Waals surface area contributed by atoms with Gasteiger partial charge in [0.2, 0.25) is 0 Å². The third kappa shape index (κ3) is 3.58. The van der Waals surface area contributed by atoms with E-state index in [1.54, 1.807) is 18.3 Å². The summed E-state index contributed by atoms with van der Waals surface area (Å²) in [5, 5.41) is 9.21. The van der Waals surface area contributed by atoms with Crippen molar-refractivity contribution in [2.45, 2.75) is 6.54 Å². The SMILES string of the molecule is N#Cc1cnc(N2CCN(Cc3c(F)cccc3Cl)CC2)cn1. The van der Waals surface area contributed by atoms with Crippen LogP contribution in [-0.4, -0.2) is 41.0 Å². The summed E-state index contributed by atoms with van der Waals surface area (Å²) in [7, 11) is 0. The Bertz CT molecular complexity index is 700. The summed E-state index contributed by atoms with van der Waals surface area (Å²) in [5.74, 6) is 0.491. The largest absolute Gasteiger partial charge is 0.353 e. The highest BCUT2D eigenvalue weighted by Crippen LogP contribution is 2.22. The molecule has 1 aliphatic heterocycles. The average Bonchev–Trinajstić information content (AvgIpc) is 2.59. The predicted octanol–water partition coefficient (Wildman–Crippen LogP) is 2.46. The fourth-order valence-electron chi connectivity index (χ4n) is 2.58. The highest BCUT2D eigenvalue weighted by Gasteiger charge is 2.20. The average molecular weight is 332 g/mol. The maximum absolute atomic E-state index is 13.9. The van der Waals surface area contributed by atoms with Crippen LogP contribution in [0.2, 0.25) is 5.02 Å². The number of nitriles is 1. The third-order valence-electron chi connectivity index (χ3n) is 3.89. The van der Waals surface area contributed by atoms with Crippen LogP contribution in [0.1, 0.15) is 11.3 Å². The van der Waals surface area contributed by atoms with Gasteiger partial charge in [-0.3, -0.25) is 4.90 Å². The van der Waals surface area contributed by atoms with Gasteiger partial charge in [-0.25, -0.2) is 14.4 Å². The van der Waals surface area contributed by atoms with Crippen molar-refractivity contribution >= 4 is 17.4 Å². The molecule has 0 spiro atoms. The van der Waals surface area contributed by atoms with Crippen molar-refractivity contribution in [1.82, 2.24) is 14.9 Å². The lowest BCUT2D eigenvalue weighted by Gasteiger charge is -2.35. The smallest absolute Gasteiger partial charge is 0.158 e. The van der Waals surface area contributed by atoms with E-state index in [9.17, 15) is 4.39 Å². The number of benzene rings is 1. The number of anilines is 1. The Morgan fingerprint density at radius 3 is 2.57 bits per heavy atom. The molecule has 0 bridgehead atoms. The minimum absolute atomic E-state index is 0.266. The molecule has 1 aromatic carbocycles. The number of halogens is 2. The molecule has 1 aliphatic rings. The first-order valence-electron chi connectivity index (χ1n) is 7.29. The molecule has 0 unspecified atom stereocenters. The van der Waals surface area contributed by atoms with Crippen molar-refractivity contribution in [3.05, 3.63) is 52.7 Å². The van der Waals surface area contributed by atoms with Gasteiger partial charge in [-0.2, -0.15) is 5.26 Å². The van der Waals surface area contributed by atoms with Crippen LogP contribution in [0, 0.1) is 17.1 Å². The van der Waals surface area contributed by atoms with Gasteiger partial charge in [0.05, 0.1) is 12.4 Å². The highest BCUT2D eigenvalue weighted by atomic mass is 35.5. The van der Waals surface area contributed by atoms with Gasteiger partial charge >= 0.3 is 0 Å². The first kappa shape index (κ1) is 15.7. The molecule has 1 saturated heterocycles. The molecule has 3 rings (SSSR count). The number of hydrogen-bond acceptors (Lipinski definition) is 5. The Morgan fingerprint density at radius 2 is 1.96 bits per heavy atom. The van der Waals surface area contributed by atoms with Gasteiger partial charge in [0, 0.05) is 43.3 Å². The molecule has 0 atom stereocenters. The van der Waals surface area contributed by atoms with Gasteiger partial charge in [-0.1, -0.05) is 17.7 Å². The predicted molar refractivity (Wildman–Crippen MR) is 85.6 cm³/mol. The second-order valence-electron chi connectivity index (χ2n) is 5.34. The van der Waals surface area contributed by atoms with E-state index in [1.165, 1.54) is 12.3 Å². The van der Waals surface area contributed by atoms with E-state index in [1.807, 2.05) is 6.07 Å². The molecule has 0 amide bonds. The summed E-state index contributed by atoms with van der Waals surface area (Å²) in [6.45, 7) is 3.61. The van der Waals surface area contributed by atoms with Gasteiger partial charge < -0.3 is 4.90 Å². The lowest BCUT2D eigenvalue weighted by Crippen LogP contribution is -2.46. The third-order valence-corrected chi connectivity index (χ3v) is 4.25. The Morgan fingerprint density at radius 1 is 1.17 bits per heavy atom. The molecule has 7 heteroatoms. The molecule has 2 heterocycles. The molecule has 0 saturated carbocycles. The molecule has 0 radical (unpaired) electrons. The minimum atomic E-state index is -0.266. The van der Waals surface area contributed by atoms with Gasteiger partial charge in [0.1, 0.15) is 17.7 Å². The van der Waals surface area contributed by atoms with Crippen LogP contribution in [0.15, 0.2) is 30.6 Å². The fraction of sp³-hybridized carbons (Fsp3) is 0.312. The maximum atomic E-state index is 13.9. The normalized spacial score (nSPS) is 15.4. The number of aromatic nitrogens is 2. The van der Waals surface area contributed by atoms with Crippen molar-refractivity contribution in [1.29, 1.82) is 5.26 Å². The Kier molecular flexibility index (Phi) is 4.70.